The number of fused-ring (bicyclic) bond motifs is 1. The number of imidazole rings is 1. The van der Waals surface area contributed by atoms with E-state index in [1.165, 1.54) is 0 Å². The van der Waals surface area contributed by atoms with Gasteiger partial charge >= 0.3 is 0 Å². The number of benzene rings is 1. The molecule has 0 bridgehead atoms. The summed E-state index contributed by atoms with van der Waals surface area (Å²) in [5, 5.41) is 1.11. The van der Waals surface area contributed by atoms with E-state index in [0.29, 0.717) is 0 Å². The summed E-state index contributed by atoms with van der Waals surface area (Å²) in [7, 11) is 0. The molecule has 0 amide bonds. The van der Waals surface area contributed by atoms with Gasteiger partial charge in [-0.2, -0.15) is 0 Å². The third-order valence-electron chi connectivity index (χ3n) is 5.43. The molecule has 5 heterocycles. The van der Waals surface area contributed by atoms with Crippen LogP contribution in [-0.4, -0.2) is 29.5 Å². The largest absolute Gasteiger partial charge is 0.336 e. The summed E-state index contributed by atoms with van der Waals surface area (Å²) in [5.41, 5.74) is 6.55. The molecule has 152 valence electrons. The third kappa shape index (κ3) is 3.15. The first-order valence-electron chi connectivity index (χ1n) is 10.3. The Morgan fingerprint density at radius 3 is 2.41 bits per heavy atom. The number of aromatic amines is 1. The Morgan fingerprint density at radius 2 is 1.59 bits per heavy atom. The second kappa shape index (κ2) is 7.59. The second-order valence-corrected chi connectivity index (χ2v) is 7.41. The molecule has 6 rings (SSSR count). The Bertz CT molecular complexity index is 1500. The van der Waals surface area contributed by atoms with Gasteiger partial charge in [-0.3, -0.25) is 9.97 Å². The van der Waals surface area contributed by atoms with E-state index in [9.17, 15) is 0 Å². The fourth-order valence-electron chi connectivity index (χ4n) is 3.88. The van der Waals surface area contributed by atoms with E-state index in [0.717, 1.165) is 50.8 Å². The SMILES string of the molecule is c1ccc(-c2nc(-c3cccnc3)c(-c3ccc(-n4ccc5cccnc54)cc3)[nH]2)nc1. The van der Waals surface area contributed by atoms with Crippen molar-refractivity contribution in [1.29, 1.82) is 0 Å². The lowest BCUT2D eigenvalue weighted by molar-refractivity contribution is 1.09. The van der Waals surface area contributed by atoms with Gasteiger partial charge in [0.1, 0.15) is 11.3 Å². The highest BCUT2D eigenvalue weighted by atomic mass is 15.0. The van der Waals surface area contributed by atoms with Gasteiger partial charge in [-0.25, -0.2) is 9.97 Å². The molecule has 0 aliphatic carbocycles. The molecule has 0 unspecified atom stereocenters. The standard InChI is InChI=1S/C26H18N6/c1-2-14-28-22(7-1)25-30-23(24(31-25)20-6-3-13-27-17-20)18-8-10-21(11-9-18)32-16-12-19-5-4-15-29-26(19)32/h1-17H,(H,30,31). The van der Waals surface area contributed by atoms with Crippen LogP contribution in [0.1, 0.15) is 0 Å². The molecule has 0 aliphatic rings. The molecular weight excluding hydrogens is 396 g/mol. The molecule has 0 fully saturated rings. The lowest BCUT2D eigenvalue weighted by atomic mass is 10.1. The zero-order chi connectivity index (χ0) is 21.3. The van der Waals surface area contributed by atoms with Gasteiger partial charge in [0, 0.05) is 53.2 Å². The van der Waals surface area contributed by atoms with Crippen molar-refractivity contribution in [3.05, 3.63) is 104 Å². The lowest BCUT2D eigenvalue weighted by Gasteiger charge is -2.07. The van der Waals surface area contributed by atoms with Crippen molar-refractivity contribution < 1.29 is 0 Å². The summed E-state index contributed by atoms with van der Waals surface area (Å²) >= 11 is 0. The maximum absolute atomic E-state index is 4.87. The van der Waals surface area contributed by atoms with E-state index >= 15 is 0 Å². The number of hydrogen-bond donors (Lipinski definition) is 1. The highest BCUT2D eigenvalue weighted by Crippen LogP contribution is 2.33. The molecule has 5 aromatic heterocycles. The molecule has 0 radical (unpaired) electrons. The Morgan fingerprint density at radius 1 is 0.719 bits per heavy atom. The molecule has 1 aromatic carbocycles. The Balaban J connectivity index is 1.45. The van der Waals surface area contributed by atoms with E-state index in [1.807, 2.05) is 55.0 Å². The predicted octanol–water partition coefficient (Wildman–Crippen LogP) is 5.54. The van der Waals surface area contributed by atoms with Crippen molar-refractivity contribution in [1.82, 2.24) is 29.5 Å². The highest BCUT2D eigenvalue weighted by Gasteiger charge is 2.16. The third-order valence-corrected chi connectivity index (χ3v) is 5.43. The van der Waals surface area contributed by atoms with Crippen LogP contribution in [0.4, 0.5) is 0 Å². The predicted molar refractivity (Wildman–Crippen MR) is 125 cm³/mol. The number of nitrogens with zero attached hydrogens (tertiary/aromatic N) is 5. The minimum absolute atomic E-state index is 0.726. The smallest absolute Gasteiger partial charge is 0.157 e. The minimum Gasteiger partial charge on any atom is -0.336 e. The summed E-state index contributed by atoms with van der Waals surface area (Å²) < 4.78 is 2.09. The average molecular weight is 414 g/mol. The number of pyridine rings is 3. The van der Waals surface area contributed by atoms with Gasteiger partial charge in [0.05, 0.1) is 11.4 Å². The van der Waals surface area contributed by atoms with Gasteiger partial charge in [0.15, 0.2) is 5.82 Å². The van der Waals surface area contributed by atoms with E-state index in [-0.39, 0.29) is 0 Å². The van der Waals surface area contributed by atoms with Crippen molar-refractivity contribution in [3.63, 3.8) is 0 Å². The lowest BCUT2D eigenvalue weighted by Crippen LogP contribution is -1.93. The molecular formula is C26H18N6. The first kappa shape index (κ1) is 18.2. The summed E-state index contributed by atoms with van der Waals surface area (Å²) in [6, 6.07) is 24.2. The molecule has 1 N–H and O–H groups in total. The summed E-state index contributed by atoms with van der Waals surface area (Å²) in [6.07, 6.45) is 9.22. The molecule has 0 aliphatic heterocycles. The number of rotatable bonds is 4. The minimum atomic E-state index is 0.726. The first-order valence-corrected chi connectivity index (χ1v) is 10.3. The van der Waals surface area contributed by atoms with Crippen molar-refractivity contribution in [2.24, 2.45) is 0 Å². The fraction of sp³-hybridized carbons (Fsp3) is 0. The zero-order valence-corrected chi connectivity index (χ0v) is 17.1. The number of hydrogen-bond acceptors (Lipinski definition) is 4. The van der Waals surface area contributed by atoms with Crippen LogP contribution in [0, 0.1) is 0 Å². The molecule has 0 spiro atoms. The molecule has 32 heavy (non-hydrogen) atoms. The van der Waals surface area contributed by atoms with Crippen molar-refractivity contribution >= 4 is 11.0 Å². The van der Waals surface area contributed by atoms with Gasteiger partial charge in [0.25, 0.3) is 0 Å². The zero-order valence-electron chi connectivity index (χ0n) is 17.1. The van der Waals surface area contributed by atoms with E-state index in [1.54, 1.807) is 12.4 Å². The Labute approximate surface area is 184 Å². The van der Waals surface area contributed by atoms with Crippen LogP contribution in [0.2, 0.25) is 0 Å². The monoisotopic (exact) mass is 414 g/mol. The number of H-pyrrole nitrogens is 1. The maximum Gasteiger partial charge on any atom is 0.157 e. The van der Waals surface area contributed by atoms with Gasteiger partial charge in [-0.15, -0.1) is 0 Å². The maximum atomic E-state index is 4.87. The van der Waals surface area contributed by atoms with E-state index < -0.39 is 0 Å². The van der Waals surface area contributed by atoms with Crippen molar-refractivity contribution in [2.45, 2.75) is 0 Å². The number of nitrogens with one attached hydrogen (secondary N) is 1. The van der Waals surface area contributed by atoms with Crippen LogP contribution in [-0.2, 0) is 0 Å². The topological polar surface area (TPSA) is 72.3 Å². The summed E-state index contributed by atoms with van der Waals surface area (Å²) in [5.74, 6) is 0.726. The van der Waals surface area contributed by atoms with Crippen LogP contribution >= 0.6 is 0 Å². The number of aromatic nitrogens is 6. The van der Waals surface area contributed by atoms with Crippen LogP contribution in [0.5, 0.6) is 0 Å². The Kier molecular flexibility index (Phi) is 4.32. The van der Waals surface area contributed by atoms with Crippen LogP contribution in [0.25, 0.3) is 50.8 Å². The van der Waals surface area contributed by atoms with Gasteiger partial charge in [0.2, 0.25) is 0 Å². The van der Waals surface area contributed by atoms with E-state index in [4.69, 9.17) is 4.98 Å². The van der Waals surface area contributed by atoms with E-state index in [2.05, 4.69) is 60.9 Å². The normalized spacial score (nSPS) is 11.1. The van der Waals surface area contributed by atoms with Crippen molar-refractivity contribution in [3.8, 4) is 39.7 Å². The van der Waals surface area contributed by atoms with Gasteiger partial charge < -0.3 is 9.55 Å². The fourth-order valence-corrected chi connectivity index (χ4v) is 3.88. The highest BCUT2D eigenvalue weighted by molar-refractivity contribution is 5.81. The Hall–Kier alpha value is -4.58. The second-order valence-electron chi connectivity index (χ2n) is 7.41. The molecule has 0 saturated heterocycles. The van der Waals surface area contributed by atoms with Crippen LogP contribution in [0.3, 0.4) is 0 Å². The molecule has 0 atom stereocenters. The van der Waals surface area contributed by atoms with Gasteiger partial charge in [-0.05, 0) is 54.6 Å². The molecule has 6 nitrogen and oxygen atoms in total. The molecule has 0 saturated carbocycles. The van der Waals surface area contributed by atoms with Gasteiger partial charge in [-0.1, -0.05) is 18.2 Å². The summed E-state index contributed by atoms with van der Waals surface area (Å²) in [4.78, 5) is 21.6. The van der Waals surface area contributed by atoms with Crippen molar-refractivity contribution in [2.75, 3.05) is 0 Å². The average Bonchev–Trinajstić information content (AvgIpc) is 3.51. The molecule has 6 heteroatoms. The molecule has 6 aromatic rings. The quantitative estimate of drug-likeness (QED) is 0.411. The van der Waals surface area contributed by atoms with Crippen LogP contribution in [0.15, 0.2) is 104 Å². The van der Waals surface area contributed by atoms with Crippen LogP contribution < -0.4 is 0 Å². The first-order chi connectivity index (χ1) is 15.9. The summed E-state index contributed by atoms with van der Waals surface area (Å²) in [6.45, 7) is 0.